The van der Waals surface area contributed by atoms with E-state index in [1.165, 1.54) is 96.3 Å². The zero-order valence-corrected chi connectivity index (χ0v) is 46.2. The van der Waals surface area contributed by atoms with Crippen LogP contribution in [-0.4, -0.2) is 37.2 Å². The van der Waals surface area contributed by atoms with Gasteiger partial charge < -0.3 is 14.2 Å². The number of esters is 3. The maximum Gasteiger partial charge on any atom is 0.306 e. The van der Waals surface area contributed by atoms with Crippen molar-refractivity contribution in [3.05, 3.63) is 109 Å². The van der Waals surface area contributed by atoms with Crippen molar-refractivity contribution in [2.24, 2.45) is 0 Å². The maximum absolute atomic E-state index is 12.8. The Hall–Kier alpha value is -3.93. The minimum atomic E-state index is -0.785. The topological polar surface area (TPSA) is 78.9 Å². The molecule has 404 valence electrons. The molecule has 1 unspecified atom stereocenters. The van der Waals surface area contributed by atoms with Gasteiger partial charge >= 0.3 is 17.9 Å². The number of allylic oxidation sites excluding steroid dienone is 18. The first-order chi connectivity index (χ1) is 35.0. The van der Waals surface area contributed by atoms with Gasteiger partial charge in [-0.05, 0) is 103 Å². The van der Waals surface area contributed by atoms with E-state index in [0.29, 0.717) is 19.3 Å². The normalized spacial score (nSPS) is 12.9. The van der Waals surface area contributed by atoms with Crippen LogP contribution in [0.25, 0.3) is 0 Å². The molecule has 1 atom stereocenters. The van der Waals surface area contributed by atoms with Crippen LogP contribution in [0.1, 0.15) is 265 Å². The maximum atomic E-state index is 12.8. The van der Waals surface area contributed by atoms with Gasteiger partial charge in [0.1, 0.15) is 13.2 Å². The van der Waals surface area contributed by atoms with E-state index in [1.54, 1.807) is 0 Å². The Morgan fingerprint density at radius 3 is 0.859 bits per heavy atom. The second-order valence-electron chi connectivity index (χ2n) is 19.1. The summed E-state index contributed by atoms with van der Waals surface area (Å²) in [6.45, 7) is 6.36. The van der Waals surface area contributed by atoms with Crippen molar-refractivity contribution < 1.29 is 28.6 Å². The summed E-state index contributed by atoms with van der Waals surface area (Å²) in [5.41, 5.74) is 0. The molecule has 0 aliphatic heterocycles. The third-order valence-electron chi connectivity index (χ3n) is 12.3. The second kappa shape index (κ2) is 58.6. The van der Waals surface area contributed by atoms with E-state index < -0.39 is 6.10 Å². The fourth-order valence-electron chi connectivity index (χ4n) is 7.93. The van der Waals surface area contributed by atoms with Gasteiger partial charge in [0.25, 0.3) is 0 Å². The average Bonchev–Trinajstić information content (AvgIpc) is 3.37. The van der Waals surface area contributed by atoms with Gasteiger partial charge in [-0.15, -0.1) is 0 Å². The minimum Gasteiger partial charge on any atom is -0.462 e. The van der Waals surface area contributed by atoms with Crippen molar-refractivity contribution >= 4 is 17.9 Å². The minimum absolute atomic E-state index is 0.0846. The highest BCUT2D eigenvalue weighted by atomic mass is 16.6. The summed E-state index contributed by atoms with van der Waals surface area (Å²) >= 11 is 0. The molecular weight excluding hydrogens is 877 g/mol. The first kappa shape index (κ1) is 67.1. The molecular formula is C65H108O6. The summed E-state index contributed by atoms with van der Waals surface area (Å²) in [5, 5.41) is 0. The highest BCUT2D eigenvalue weighted by molar-refractivity contribution is 5.71. The van der Waals surface area contributed by atoms with E-state index in [4.69, 9.17) is 14.2 Å². The second-order valence-corrected chi connectivity index (χ2v) is 19.1. The summed E-state index contributed by atoms with van der Waals surface area (Å²) < 4.78 is 16.8. The smallest absolute Gasteiger partial charge is 0.306 e. The molecule has 6 heteroatoms. The third kappa shape index (κ3) is 56.9. The largest absolute Gasteiger partial charge is 0.462 e. The molecule has 71 heavy (non-hydrogen) atoms. The predicted molar refractivity (Wildman–Crippen MR) is 307 cm³/mol. The molecule has 0 amide bonds. The SMILES string of the molecule is CC/C=C\C/C=C\C/C=C\C/C=C\C/C=C\CCCCCCCCCCCCCC(=O)OCC(COC(=O)CCCCCCCCC)OC(=O)CCCCCCCC/C=C\C/C=C\C/C=C\C/C=C\CC. The third-order valence-corrected chi connectivity index (χ3v) is 12.3. The number of carbonyl (C=O) groups excluding carboxylic acids is 3. The zero-order valence-electron chi connectivity index (χ0n) is 46.2. The summed E-state index contributed by atoms with van der Waals surface area (Å²) in [4.78, 5) is 38.0. The van der Waals surface area contributed by atoms with Crippen molar-refractivity contribution in [3.63, 3.8) is 0 Å². The Labute approximate surface area is 438 Å². The number of carbonyl (C=O) groups is 3. The molecule has 0 rings (SSSR count). The molecule has 6 nitrogen and oxygen atoms in total. The quantitative estimate of drug-likeness (QED) is 0.0261. The molecule has 0 saturated carbocycles. The highest BCUT2D eigenvalue weighted by Crippen LogP contribution is 2.15. The fraction of sp³-hybridized carbons (Fsp3) is 0.677. The van der Waals surface area contributed by atoms with Crippen molar-refractivity contribution in [3.8, 4) is 0 Å². The molecule has 0 aliphatic carbocycles. The zero-order chi connectivity index (χ0) is 51.4. The van der Waals surface area contributed by atoms with Gasteiger partial charge in [0, 0.05) is 19.3 Å². The van der Waals surface area contributed by atoms with Gasteiger partial charge in [-0.1, -0.05) is 252 Å². The van der Waals surface area contributed by atoms with Crippen LogP contribution >= 0.6 is 0 Å². The van der Waals surface area contributed by atoms with Crippen LogP contribution in [-0.2, 0) is 28.6 Å². The number of unbranched alkanes of at least 4 members (excludes halogenated alkanes) is 23. The van der Waals surface area contributed by atoms with Crippen LogP contribution in [0, 0.1) is 0 Å². The molecule has 0 fully saturated rings. The van der Waals surface area contributed by atoms with Gasteiger partial charge in [0.15, 0.2) is 6.10 Å². The lowest BCUT2D eigenvalue weighted by atomic mass is 10.0. The van der Waals surface area contributed by atoms with Crippen LogP contribution in [0.5, 0.6) is 0 Å². The predicted octanol–water partition coefficient (Wildman–Crippen LogP) is 19.9. The molecule has 0 aromatic carbocycles. The molecule has 0 saturated heterocycles. The van der Waals surface area contributed by atoms with Crippen LogP contribution in [0.15, 0.2) is 109 Å². The summed E-state index contributed by atoms with van der Waals surface area (Å²) in [6.07, 6.45) is 79.6. The molecule has 0 N–H and O–H groups in total. The Morgan fingerprint density at radius 2 is 0.549 bits per heavy atom. The van der Waals surface area contributed by atoms with Crippen molar-refractivity contribution in [1.29, 1.82) is 0 Å². The number of ether oxygens (including phenoxy) is 3. The van der Waals surface area contributed by atoms with Crippen molar-refractivity contribution in [2.75, 3.05) is 13.2 Å². The Kier molecular flexibility index (Phi) is 55.4. The van der Waals surface area contributed by atoms with E-state index in [0.717, 1.165) is 128 Å². The number of hydrogen-bond donors (Lipinski definition) is 0. The van der Waals surface area contributed by atoms with Crippen LogP contribution < -0.4 is 0 Å². The molecule has 0 aliphatic rings. The molecule has 0 spiro atoms. The van der Waals surface area contributed by atoms with E-state index in [1.807, 2.05) is 0 Å². The van der Waals surface area contributed by atoms with Gasteiger partial charge in [0.05, 0.1) is 0 Å². The van der Waals surface area contributed by atoms with Crippen LogP contribution in [0.4, 0.5) is 0 Å². The molecule has 0 radical (unpaired) electrons. The molecule has 0 bridgehead atoms. The van der Waals surface area contributed by atoms with E-state index >= 15 is 0 Å². The van der Waals surface area contributed by atoms with Gasteiger partial charge in [0.2, 0.25) is 0 Å². The highest BCUT2D eigenvalue weighted by Gasteiger charge is 2.19. The summed E-state index contributed by atoms with van der Waals surface area (Å²) in [6, 6.07) is 0. The van der Waals surface area contributed by atoms with Gasteiger partial charge in [-0.2, -0.15) is 0 Å². The van der Waals surface area contributed by atoms with Crippen molar-refractivity contribution in [1.82, 2.24) is 0 Å². The standard InChI is InChI=1S/C65H108O6/c1-4-7-10-13-16-18-20-22-24-26-28-29-30-31-32-33-34-35-37-38-40-42-44-46-49-52-55-58-64(67)70-61-62(60-69-63(66)57-54-51-48-15-12-9-6-3)71-65(68)59-56-53-50-47-45-43-41-39-36-27-25-23-21-19-17-14-11-8-5-2/h7-8,10-11,16-19,22-25,28-29,31-32,36,39,62H,4-6,9,12-15,20-21,26-27,30,33-35,37-38,40-61H2,1-3H3/b10-7-,11-8-,18-16-,19-17-,24-22-,25-23-,29-28-,32-31-,39-36-. The lowest BCUT2D eigenvalue weighted by molar-refractivity contribution is -0.167. The summed E-state index contributed by atoms with van der Waals surface area (Å²) in [5.74, 6) is -0.907. The monoisotopic (exact) mass is 985 g/mol. The number of hydrogen-bond acceptors (Lipinski definition) is 6. The summed E-state index contributed by atoms with van der Waals surface area (Å²) in [7, 11) is 0. The molecule has 0 aromatic heterocycles. The van der Waals surface area contributed by atoms with Crippen LogP contribution in [0.2, 0.25) is 0 Å². The van der Waals surface area contributed by atoms with E-state index in [9.17, 15) is 14.4 Å². The lowest BCUT2D eigenvalue weighted by Gasteiger charge is -2.18. The van der Waals surface area contributed by atoms with Gasteiger partial charge in [-0.25, -0.2) is 0 Å². The average molecular weight is 986 g/mol. The Bertz CT molecular complexity index is 1460. The molecule has 0 heterocycles. The van der Waals surface area contributed by atoms with E-state index in [-0.39, 0.29) is 31.1 Å². The van der Waals surface area contributed by atoms with Crippen molar-refractivity contribution in [2.45, 2.75) is 271 Å². The van der Waals surface area contributed by atoms with Gasteiger partial charge in [-0.3, -0.25) is 14.4 Å². The first-order valence-corrected chi connectivity index (χ1v) is 29.4. The number of rotatable bonds is 52. The fourth-order valence-corrected chi connectivity index (χ4v) is 7.93. The van der Waals surface area contributed by atoms with Crippen LogP contribution in [0.3, 0.4) is 0 Å². The Balaban J connectivity index is 4.19. The first-order valence-electron chi connectivity index (χ1n) is 29.4. The lowest BCUT2D eigenvalue weighted by Crippen LogP contribution is -2.30. The Morgan fingerprint density at radius 1 is 0.296 bits per heavy atom. The van der Waals surface area contributed by atoms with E-state index in [2.05, 4.69) is 130 Å². The molecule has 0 aromatic rings.